The van der Waals surface area contributed by atoms with Gasteiger partial charge in [-0.15, -0.1) is 0 Å². The van der Waals surface area contributed by atoms with Crippen LogP contribution in [0.3, 0.4) is 0 Å². The van der Waals surface area contributed by atoms with Gasteiger partial charge in [0, 0.05) is 24.7 Å². The summed E-state index contributed by atoms with van der Waals surface area (Å²) in [4.78, 5) is 26.1. The van der Waals surface area contributed by atoms with Gasteiger partial charge in [0.15, 0.2) is 16.4 Å². The summed E-state index contributed by atoms with van der Waals surface area (Å²) in [6, 6.07) is 10.7. The van der Waals surface area contributed by atoms with Crippen LogP contribution in [0.15, 0.2) is 41.3 Å². The van der Waals surface area contributed by atoms with Crippen molar-refractivity contribution in [2.75, 3.05) is 23.4 Å². The Bertz CT molecular complexity index is 1110. The van der Waals surface area contributed by atoms with Crippen LogP contribution in [0.1, 0.15) is 24.5 Å². The lowest BCUT2D eigenvalue weighted by molar-refractivity contribution is -0.119. The molecule has 0 saturated carbocycles. The van der Waals surface area contributed by atoms with Gasteiger partial charge in [-0.1, -0.05) is 18.2 Å². The molecule has 1 N–H and O–H groups in total. The maximum absolute atomic E-state index is 13.2. The first-order chi connectivity index (χ1) is 13.8. The molecule has 2 aliphatic rings. The molecule has 4 rings (SSSR count). The molecule has 29 heavy (non-hydrogen) atoms. The third kappa shape index (κ3) is 3.48. The molecule has 0 fully saturated rings. The van der Waals surface area contributed by atoms with Gasteiger partial charge in [0.25, 0.3) is 5.91 Å². The number of ether oxygens (including phenoxy) is 1. The highest BCUT2D eigenvalue weighted by molar-refractivity contribution is 7.92. The van der Waals surface area contributed by atoms with Crippen LogP contribution in [0.25, 0.3) is 0 Å². The molecule has 0 radical (unpaired) electrons. The average molecular weight is 414 g/mol. The number of nitrogens with one attached hydrogen (secondary N) is 1. The number of carbonyl (C=O) groups excluding carboxylic acids is 2. The molecule has 2 aromatic rings. The fraction of sp³-hybridized carbons (Fsp3) is 0.333. The summed E-state index contributed by atoms with van der Waals surface area (Å²) in [6.07, 6.45) is 0.667. The molecule has 7 nitrogen and oxygen atoms in total. The summed E-state index contributed by atoms with van der Waals surface area (Å²) in [7, 11) is -3.76. The lowest BCUT2D eigenvalue weighted by Gasteiger charge is -2.23. The molecule has 0 unspecified atom stereocenters. The van der Waals surface area contributed by atoms with Crippen LogP contribution >= 0.6 is 0 Å². The molecule has 0 aliphatic carbocycles. The first kappa shape index (κ1) is 19.4. The van der Waals surface area contributed by atoms with Gasteiger partial charge in [-0.3, -0.25) is 9.59 Å². The Morgan fingerprint density at radius 2 is 2.03 bits per heavy atom. The largest absolute Gasteiger partial charge is 0.482 e. The topological polar surface area (TPSA) is 92.8 Å². The van der Waals surface area contributed by atoms with E-state index in [2.05, 4.69) is 5.32 Å². The minimum atomic E-state index is -3.76. The second-order valence-electron chi connectivity index (χ2n) is 7.43. The van der Waals surface area contributed by atoms with Gasteiger partial charge in [-0.25, -0.2) is 8.42 Å². The fourth-order valence-corrected chi connectivity index (χ4v) is 5.38. The number of benzene rings is 2. The number of aryl methyl sites for hydroxylation is 1. The van der Waals surface area contributed by atoms with E-state index < -0.39 is 15.1 Å². The number of nitrogens with zero attached hydrogens (tertiary/aromatic N) is 1. The molecule has 0 bridgehead atoms. The molecule has 0 saturated heterocycles. The van der Waals surface area contributed by atoms with E-state index in [9.17, 15) is 18.0 Å². The summed E-state index contributed by atoms with van der Waals surface area (Å²) < 4.78 is 31.7. The Kier molecular flexibility index (Phi) is 4.82. The summed E-state index contributed by atoms with van der Waals surface area (Å²) in [5.74, 6) is -0.164. The van der Waals surface area contributed by atoms with Crippen molar-refractivity contribution >= 4 is 33.0 Å². The molecule has 152 valence electrons. The van der Waals surface area contributed by atoms with Crippen molar-refractivity contribution in [1.29, 1.82) is 0 Å². The average Bonchev–Trinajstić information content (AvgIpc) is 3.11. The van der Waals surface area contributed by atoms with Crippen molar-refractivity contribution < 1.29 is 22.7 Å². The SMILES string of the molecule is Cc1cc2c(cc1S(=O)(=O)[C@@H](C)CC(=O)N1CCc3ccccc31)OCC(=O)N2. The Balaban J connectivity index is 1.56. The van der Waals surface area contributed by atoms with Crippen LogP contribution in [0, 0.1) is 6.92 Å². The summed E-state index contributed by atoms with van der Waals surface area (Å²) in [5.41, 5.74) is 2.91. The number of rotatable bonds is 4. The predicted octanol–water partition coefficient (Wildman–Crippen LogP) is 2.47. The second-order valence-corrected chi connectivity index (χ2v) is 9.77. The van der Waals surface area contributed by atoms with Gasteiger partial charge in [0.05, 0.1) is 15.8 Å². The maximum Gasteiger partial charge on any atom is 0.262 e. The molecule has 2 amide bonds. The Morgan fingerprint density at radius 3 is 2.83 bits per heavy atom. The number of sulfone groups is 1. The third-order valence-corrected chi connectivity index (χ3v) is 7.68. The van der Waals surface area contributed by atoms with E-state index in [4.69, 9.17) is 4.74 Å². The number of hydrogen-bond acceptors (Lipinski definition) is 5. The molecule has 1 atom stereocenters. The van der Waals surface area contributed by atoms with Crippen molar-refractivity contribution in [3.05, 3.63) is 47.5 Å². The lowest BCUT2D eigenvalue weighted by Crippen LogP contribution is -2.33. The summed E-state index contributed by atoms with van der Waals surface area (Å²) >= 11 is 0. The van der Waals surface area contributed by atoms with Crippen LogP contribution in [0.2, 0.25) is 0 Å². The van der Waals surface area contributed by atoms with Crippen LogP contribution in [-0.4, -0.2) is 38.6 Å². The van der Waals surface area contributed by atoms with E-state index in [0.717, 1.165) is 17.7 Å². The van der Waals surface area contributed by atoms with Crippen LogP contribution in [-0.2, 0) is 25.8 Å². The maximum atomic E-state index is 13.2. The zero-order chi connectivity index (χ0) is 20.8. The minimum absolute atomic E-state index is 0.106. The first-order valence-corrected chi connectivity index (χ1v) is 11.0. The molecular formula is C21H22N2O5S. The molecule has 2 heterocycles. The first-order valence-electron chi connectivity index (χ1n) is 9.47. The van der Waals surface area contributed by atoms with E-state index in [1.807, 2.05) is 24.3 Å². The Morgan fingerprint density at radius 1 is 1.28 bits per heavy atom. The lowest BCUT2D eigenvalue weighted by atomic mass is 10.2. The number of amides is 2. The molecule has 0 spiro atoms. The molecule has 8 heteroatoms. The van der Waals surface area contributed by atoms with E-state index in [0.29, 0.717) is 23.5 Å². The number of anilines is 2. The molecule has 2 aromatic carbocycles. The number of hydrogen-bond donors (Lipinski definition) is 1. The van der Waals surface area contributed by atoms with Crippen LogP contribution in [0.4, 0.5) is 11.4 Å². The quantitative estimate of drug-likeness (QED) is 0.830. The standard InChI is InChI=1S/C21H22N2O5S/c1-13-9-16-18(28-12-20(24)22-16)11-19(13)29(26,27)14(2)10-21(25)23-8-7-15-5-3-4-6-17(15)23/h3-6,9,11,14H,7-8,10,12H2,1-2H3,(H,22,24)/t14-/m0/s1. The molecule has 0 aromatic heterocycles. The summed E-state index contributed by atoms with van der Waals surface area (Å²) in [6.45, 7) is 3.63. The Hall–Kier alpha value is -2.87. The monoisotopic (exact) mass is 414 g/mol. The van der Waals surface area contributed by atoms with E-state index in [1.54, 1.807) is 24.8 Å². The Labute approximate surface area is 169 Å². The van der Waals surface area contributed by atoms with Crippen molar-refractivity contribution in [2.45, 2.75) is 36.8 Å². The fourth-order valence-electron chi connectivity index (χ4n) is 3.80. The highest BCUT2D eigenvalue weighted by atomic mass is 32.2. The molecular weight excluding hydrogens is 392 g/mol. The van der Waals surface area contributed by atoms with E-state index in [-0.39, 0.29) is 29.7 Å². The smallest absolute Gasteiger partial charge is 0.262 e. The van der Waals surface area contributed by atoms with Gasteiger partial charge in [-0.05, 0) is 43.5 Å². The van der Waals surface area contributed by atoms with Gasteiger partial charge < -0.3 is 15.0 Å². The zero-order valence-electron chi connectivity index (χ0n) is 16.3. The van der Waals surface area contributed by atoms with Crippen molar-refractivity contribution in [3.63, 3.8) is 0 Å². The van der Waals surface area contributed by atoms with E-state index in [1.165, 1.54) is 6.07 Å². The third-order valence-electron chi connectivity index (χ3n) is 5.40. The minimum Gasteiger partial charge on any atom is -0.482 e. The highest BCUT2D eigenvalue weighted by Crippen LogP contribution is 2.35. The van der Waals surface area contributed by atoms with Crippen LogP contribution < -0.4 is 15.0 Å². The number of fused-ring (bicyclic) bond motifs is 2. The number of para-hydroxylation sites is 1. The van der Waals surface area contributed by atoms with Gasteiger partial charge in [-0.2, -0.15) is 0 Å². The van der Waals surface area contributed by atoms with Crippen molar-refractivity contribution in [3.8, 4) is 5.75 Å². The zero-order valence-corrected chi connectivity index (χ0v) is 17.1. The predicted molar refractivity (Wildman–Crippen MR) is 109 cm³/mol. The molecule has 2 aliphatic heterocycles. The van der Waals surface area contributed by atoms with Crippen molar-refractivity contribution in [2.24, 2.45) is 0 Å². The van der Waals surface area contributed by atoms with Gasteiger partial charge >= 0.3 is 0 Å². The van der Waals surface area contributed by atoms with E-state index >= 15 is 0 Å². The van der Waals surface area contributed by atoms with Crippen LogP contribution in [0.5, 0.6) is 5.75 Å². The van der Waals surface area contributed by atoms with Gasteiger partial charge in [0.2, 0.25) is 5.91 Å². The normalized spacial score (nSPS) is 16.5. The number of carbonyl (C=O) groups is 2. The second kappa shape index (κ2) is 7.18. The highest BCUT2D eigenvalue weighted by Gasteiger charge is 2.32. The van der Waals surface area contributed by atoms with Gasteiger partial charge in [0.1, 0.15) is 5.75 Å². The van der Waals surface area contributed by atoms with Crippen molar-refractivity contribution in [1.82, 2.24) is 0 Å². The summed E-state index contributed by atoms with van der Waals surface area (Å²) in [5, 5.41) is 1.78.